The monoisotopic (exact) mass is 452 g/mol. The second-order valence-corrected chi connectivity index (χ2v) is 10.0. The van der Waals surface area contributed by atoms with Gasteiger partial charge in [-0.1, -0.05) is 30.0 Å². The van der Waals surface area contributed by atoms with Gasteiger partial charge in [0.2, 0.25) is 21.1 Å². The van der Waals surface area contributed by atoms with Gasteiger partial charge in [-0.15, -0.1) is 5.10 Å². The SMILES string of the molecule is O=C(CSc1nnnn1C[C@H]1CCCO1)N1CCN(S(=O)(=O)c2ccccc2)CC1. The number of hydrogen-bond acceptors (Lipinski definition) is 8. The van der Waals surface area contributed by atoms with E-state index in [-0.39, 0.29) is 35.7 Å². The lowest BCUT2D eigenvalue weighted by atomic mass is 10.2. The third kappa shape index (κ3) is 4.82. The van der Waals surface area contributed by atoms with E-state index in [9.17, 15) is 13.2 Å². The van der Waals surface area contributed by atoms with Gasteiger partial charge < -0.3 is 9.64 Å². The molecule has 0 aliphatic carbocycles. The zero-order valence-electron chi connectivity index (χ0n) is 16.5. The Balaban J connectivity index is 1.28. The van der Waals surface area contributed by atoms with Gasteiger partial charge in [0.1, 0.15) is 0 Å². The van der Waals surface area contributed by atoms with Gasteiger partial charge in [-0.3, -0.25) is 4.79 Å². The maximum absolute atomic E-state index is 12.7. The Morgan fingerprint density at radius 1 is 1.17 bits per heavy atom. The second-order valence-electron chi connectivity index (χ2n) is 7.17. The van der Waals surface area contributed by atoms with E-state index in [0.717, 1.165) is 19.4 Å². The molecule has 3 heterocycles. The molecule has 0 radical (unpaired) electrons. The summed E-state index contributed by atoms with van der Waals surface area (Å²) < 4.78 is 34.1. The molecule has 0 bridgehead atoms. The average molecular weight is 453 g/mol. The number of aromatic nitrogens is 4. The number of hydrogen-bond donors (Lipinski definition) is 0. The van der Waals surface area contributed by atoms with Crippen LogP contribution >= 0.6 is 11.8 Å². The van der Waals surface area contributed by atoms with Crippen LogP contribution in [0.1, 0.15) is 12.8 Å². The summed E-state index contributed by atoms with van der Waals surface area (Å²) in [4.78, 5) is 14.6. The number of piperazine rings is 1. The Kier molecular flexibility index (Phi) is 6.66. The molecular formula is C18H24N6O4S2. The van der Waals surface area contributed by atoms with Crippen LogP contribution in [0.25, 0.3) is 0 Å². The van der Waals surface area contributed by atoms with E-state index in [1.807, 2.05) is 0 Å². The van der Waals surface area contributed by atoms with Crippen molar-refractivity contribution in [3.8, 4) is 0 Å². The Labute approximate surface area is 179 Å². The van der Waals surface area contributed by atoms with Crippen molar-refractivity contribution in [2.75, 3.05) is 38.5 Å². The zero-order chi connectivity index (χ0) is 21.0. The number of nitrogens with zero attached hydrogens (tertiary/aromatic N) is 6. The first-order valence-electron chi connectivity index (χ1n) is 9.87. The molecule has 2 aliphatic rings. The topological polar surface area (TPSA) is 111 Å². The number of tetrazole rings is 1. The van der Waals surface area contributed by atoms with Gasteiger partial charge in [-0.05, 0) is 35.4 Å². The summed E-state index contributed by atoms with van der Waals surface area (Å²) in [6, 6.07) is 8.37. The largest absolute Gasteiger partial charge is 0.376 e. The number of amides is 1. The first-order valence-corrected chi connectivity index (χ1v) is 12.3. The number of rotatable bonds is 7. The number of carbonyl (C=O) groups excluding carboxylic acids is 1. The molecule has 12 heteroatoms. The highest BCUT2D eigenvalue weighted by Gasteiger charge is 2.30. The summed E-state index contributed by atoms with van der Waals surface area (Å²) in [6.45, 7) is 2.65. The first kappa shape index (κ1) is 21.2. The Bertz CT molecular complexity index is 954. The molecule has 2 aromatic rings. The van der Waals surface area contributed by atoms with E-state index in [1.54, 1.807) is 39.9 Å². The van der Waals surface area contributed by atoms with Crippen molar-refractivity contribution >= 4 is 27.7 Å². The smallest absolute Gasteiger partial charge is 0.243 e. The summed E-state index contributed by atoms with van der Waals surface area (Å²) in [7, 11) is -3.53. The lowest BCUT2D eigenvalue weighted by Gasteiger charge is -2.34. The first-order chi connectivity index (χ1) is 14.5. The summed E-state index contributed by atoms with van der Waals surface area (Å²) in [5.74, 6) is 0.153. The third-order valence-electron chi connectivity index (χ3n) is 5.20. The number of benzene rings is 1. The van der Waals surface area contributed by atoms with Crippen molar-refractivity contribution in [3.05, 3.63) is 30.3 Å². The van der Waals surface area contributed by atoms with E-state index in [2.05, 4.69) is 15.5 Å². The van der Waals surface area contributed by atoms with Crippen molar-refractivity contribution < 1.29 is 17.9 Å². The molecule has 2 fully saturated rings. The molecule has 1 atom stereocenters. The molecule has 0 spiro atoms. The molecule has 0 saturated carbocycles. The van der Waals surface area contributed by atoms with Gasteiger partial charge in [-0.25, -0.2) is 13.1 Å². The Morgan fingerprint density at radius 2 is 1.93 bits per heavy atom. The number of carbonyl (C=O) groups is 1. The van der Waals surface area contributed by atoms with Crippen molar-refractivity contribution in [3.63, 3.8) is 0 Å². The maximum atomic E-state index is 12.7. The molecular weight excluding hydrogens is 428 g/mol. The maximum Gasteiger partial charge on any atom is 0.243 e. The molecule has 10 nitrogen and oxygen atoms in total. The minimum absolute atomic E-state index is 0.0524. The van der Waals surface area contributed by atoms with E-state index < -0.39 is 10.0 Å². The fraction of sp³-hybridized carbons (Fsp3) is 0.556. The van der Waals surface area contributed by atoms with Crippen LogP contribution in [0.3, 0.4) is 0 Å². The van der Waals surface area contributed by atoms with E-state index in [4.69, 9.17) is 4.74 Å². The lowest BCUT2D eigenvalue weighted by Crippen LogP contribution is -2.50. The Hall–Kier alpha value is -2.02. The van der Waals surface area contributed by atoms with Gasteiger partial charge in [0.25, 0.3) is 0 Å². The molecule has 1 amide bonds. The molecule has 1 aromatic carbocycles. The predicted molar refractivity (Wildman–Crippen MR) is 109 cm³/mol. The van der Waals surface area contributed by atoms with E-state index in [0.29, 0.717) is 24.8 Å². The molecule has 0 N–H and O–H groups in total. The summed E-state index contributed by atoms with van der Waals surface area (Å²) in [6.07, 6.45) is 2.14. The highest BCUT2D eigenvalue weighted by molar-refractivity contribution is 7.99. The van der Waals surface area contributed by atoms with Gasteiger partial charge in [0.15, 0.2) is 0 Å². The lowest BCUT2D eigenvalue weighted by molar-refractivity contribution is -0.129. The van der Waals surface area contributed by atoms with Gasteiger partial charge in [0, 0.05) is 32.8 Å². The average Bonchev–Trinajstić information content (AvgIpc) is 3.45. The fourth-order valence-corrected chi connectivity index (χ4v) is 5.77. The van der Waals surface area contributed by atoms with Crippen molar-refractivity contribution in [1.82, 2.24) is 29.4 Å². The molecule has 162 valence electrons. The van der Waals surface area contributed by atoms with Crippen LogP contribution in [0.2, 0.25) is 0 Å². The van der Waals surface area contributed by atoms with Crippen LogP contribution < -0.4 is 0 Å². The van der Waals surface area contributed by atoms with Gasteiger partial charge in [-0.2, -0.15) is 4.31 Å². The zero-order valence-corrected chi connectivity index (χ0v) is 18.1. The van der Waals surface area contributed by atoms with Crippen molar-refractivity contribution in [2.24, 2.45) is 0 Å². The molecule has 2 aliphatic heterocycles. The quantitative estimate of drug-likeness (QED) is 0.558. The van der Waals surface area contributed by atoms with Crippen LogP contribution in [-0.2, 0) is 26.1 Å². The summed E-state index contributed by atoms with van der Waals surface area (Å²) in [5.41, 5.74) is 0. The van der Waals surface area contributed by atoms with Crippen LogP contribution in [0, 0.1) is 0 Å². The summed E-state index contributed by atoms with van der Waals surface area (Å²) >= 11 is 1.29. The molecule has 0 unspecified atom stereocenters. The predicted octanol–water partition coefficient (Wildman–Crippen LogP) is 0.477. The number of sulfonamides is 1. The minimum atomic E-state index is -3.53. The van der Waals surface area contributed by atoms with E-state index in [1.165, 1.54) is 16.1 Å². The van der Waals surface area contributed by atoms with Gasteiger partial charge in [0.05, 0.1) is 23.3 Å². The van der Waals surface area contributed by atoms with Crippen LogP contribution in [0.4, 0.5) is 0 Å². The van der Waals surface area contributed by atoms with Crippen molar-refractivity contribution in [2.45, 2.75) is 35.5 Å². The van der Waals surface area contributed by atoms with Crippen molar-refractivity contribution in [1.29, 1.82) is 0 Å². The molecule has 2 saturated heterocycles. The summed E-state index contributed by atoms with van der Waals surface area (Å²) in [5, 5.41) is 12.3. The number of ether oxygens (including phenoxy) is 1. The second kappa shape index (κ2) is 9.41. The fourth-order valence-electron chi connectivity index (χ4n) is 3.53. The Morgan fingerprint density at radius 3 is 2.63 bits per heavy atom. The molecule has 30 heavy (non-hydrogen) atoms. The minimum Gasteiger partial charge on any atom is -0.376 e. The van der Waals surface area contributed by atoms with Crippen LogP contribution in [0.15, 0.2) is 40.4 Å². The van der Waals surface area contributed by atoms with Gasteiger partial charge >= 0.3 is 0 Å². The van der Waals surface area contributed by atoms with Crippen LogP contribution in [-0.4, -0.2) is 88.4 Å². The highest BCUT2D eigenvalue weighted by Crippen LogP contribution is 2.20. The molecule has 1 aromatic heterocycles. The highest BCUT2D eigenvalue weighted by atomic mass is 32.2. The standard InChI is InChI=1S/C18H24N6O4S2/c25-17(14-29-18-19-20-21-24(18)13-15-5-4-12-28-15)22-8-10-23(11-9-22)30(26,27)16-6-2-1-3-7-16/h1-3,6-7,15H,4-5,8-14H2/t15-/m1/s1. The number of thioether (sulfide) groups is 1. The normalized spacial score (nSPS) is 20.5. The van der Waals surface area contributed by atoms with Crippen LogP contribution in [0.5, 0.6) is 0 Å². The third-order valence-corrected chi connectivity index (χ3v) is 8.05. The molecule has 4 rings (SSSR count). The van der Waals surface area contributed by atoms with E-state index >= 15 is 0 Å².